The van der Waals surface area contributed by atoms with Crippen LogP contribution in [0.3, 0.4) is 0 Å². The summed E-state index contributed by atoms with van der Waals surface area (Å²) in [6, 6.07) is 0. The van der Waals surface area contributed by atoms with Gasteiger partial charge in [0.2, 0.25) is 0 Å². The van der Waals surface area contributed by atoms with E-state index in [0.29, 0.717) is 25.7 Å². The highest BCUT2D eigenvalue weighted by Gasteiger charge is 2.30. The molecule has 0 aromatic heterocycles. The molecular weight excluding hydrogens is 1220 g/mol. The van der Waals surface area contributed by atoms with E-state index in [1.54, 1.807) is 0 Å². The number of carbonyl (C=O) groups excluding carboxylic acids is 4. The molecule has 0 aliphatic rings. The lowest BCUT2D eigenvalue weighted by Crippen LogP contribution is -2.30. The molecule has 0 bridgehead atoms. The number of unbranched alkanes of at least 4 members (excludes halogenated alkanes) is 45. The molecule has 3 unspecified atom stereocenters. The summed E-state index contributed by atoms with van der Waals surface area (Å²) in [5, 5.41) is 10.6. The molecule has 0 aromatic carbocycles. The van der Waals surface area contributed by atoms with Gasteiger partial charge in [-0.15, -0.1) is 0 Å². The second-order valence-corrected chi connectivity index (χ2v) is 29.8. The van der Waals surface area contributed by atoms with Gasteiger partial charge < -0.3 is 33.8 Å². The molecule has 0 spiro atoms. The van der Waals surface area contributed by atoms with Crippen molar-refractivity contribution < 1.29 is 80.2 Å². The number of phosphoric acid groups is 2. The molecule has 0 heterocycles. The van der Waals surface area contributed by atoms with E-state index in [9.17, 15) is 43.2 Å². The molecule has 0 fully saturated rings. The molecule has 0 amide bonds. The maximum absolute atomic E-state index is 13.1. The van der Waals surface area contributed by atoms with Crippen molar-refractivity contribution in [2.24, 2.45) is 5.92 Å². The monoisotopic (exact) mass is 1370 g/mol. The van der Waals surface area contributed by atoms with Gasteiger partial charge in [0.25, 0.3) is 0 Å². The predicted molar refractivity (Wildman–Crippen MR) is 377 cm³/mol. The number of esters is 4. The lowest BCUT2D eigenvalue weighted by atomic mass is 9.99. The van der Waals surface area contributed by atoms with E-state index in [4.69, 9.17) is 37.0 Å². The Kier molecular flexibility index (Phi) is 65.9. The van der Waals surface area contributed by atoms with Gasteiger partial charge in [0.15, 0.2) is 12.2 Å². The van der Waals surface area contributed by atoms with Gasteiger partial charge in [0.1, 0.15) is 19.3 Å². The number of hydrogen-bond acceptors (Lipinski definition) is 15. The fraction of sp³-hybridized carbons (Fsp3) is 0.946. The Bertz CT molecular complexity index is 1790. The maximum atomic E-state index is 13.1. The van der Waals surface area contributed by atoms with Gasteiger partial charge in [0, 0.05) is 25.7 Å². The minimum Gasteiger partial charge on any atom is -0.462 e. The highest BCUT2D eigenvalue weighted by Crippen LogP contribution is 2.45. The Labute approximate surface area is 568 Å². The van der Waals surface area contributed by atoms with E-state index < -0.39 is 97.5 Å². The summed E-state index contributed by atoms with van der Waals surface area (Å²) < 4.78 is 68.3. The van der Waals surface area contributed by atoms with Crippen LogP contribution >= 0.6 is 15.6 Å². The SMILES string of the molecule is CCCCCCCCCCCCCCCCCCCC(=O)OC[C@H](COP(=O)(O)OC[C@@H](O)COP(=O)(O)OC[C@@H](COC(=O)CCCCCCCCC)OC(=O)CCCCCCCCCCC(C)CC)OC(=O)CCCCCCCCCCCCCCCCCCC. The molecular formula is C74H144O17P2. The third-order valence-corrected chi connectivity index (χ3v) is 19.5. The van der Waals surface area contributed by atoms with Crippen molar-refractivity contribution in [2.75, 3.05) is 39.6 Å². The number of carbonyl (C=O) groups is 4. The summed E-state index contributed by atoms with van der Waals surface area (Å²) in [4.78, 5) is 72.6. The summed E-state index contributed by atoms with van der Waals surface area (Å²) in [6.07, 6.45) is 55.6. The first-order valence-electron chi connectivity index (χ1n) is 38.7. The van der Waals surface area contributed by atoms with Crippen molar-refractivity contribution in [1.82, 2.24) is 0 Å². The van der Waals surface area contributed by atoms with Crippen LogP contribution in [-0.4, -0.2) is 96.7 Å². The minimum absolute atomic E-state index is 0.105. The Morgan fingerprint density at radius 1 is 0.301 bits per heavy atom. The number of aliphatic hydroxyl groups excluding tert-OH is 1. The van der Waals surface area contributed by atoms with Crippen LogP contribution in [-0.2, 0) is 65.4 Å². The molecule has 0 saturated carbocycles. The Balaban J connectivity index is 5.19. The predicted octanol–water partition coefficient (Wildman–Crippen LogP) is 21.7. The summed E-state index contributed by atoms with van der Waals surface area (Å²) in [5.41, 5.74) is 0. The maximum Gasteiger partial charge on any atom is 0.472 e. The number of ether oxygens (including phenoxy) is 4. The van der Waals surface area contributed by atoms with E-state index in [1.807, 2.05) is 0 Å². The number of aliphatic hydroxyl groups is 1. The average Bonchev–Trinajstić information content (AvgIpc) is 3.28. The van der Waals surface area contributed by atoms with Crippen LogP contribution in [0, 0.1) is 5.92 Å². The summed E-state index contributed by atoms with van der Waals surface area (Å²) in [7, 11) is -9.90. The van der Waals surface area contributed by atoms with Gasteiger partial charge in [-0.25, -0.2) is 9.13 Å². The quantitative estimate of drug-likeness (QED) is 0.0222. The van der Waals surface area contributed by atoms with Crippen LogP contribution < -0.4 is 0 Å². The lowest BCUT2D eigenvalue weighted by Gasteiger charge is -2.21. The molecule has 93 heavy (non-hydrogen) atoms. The minimum atomic E-state index is -4.95. The largest absolute Gasteiger partial charge is 0.472 e. The van der Waals surface area contributed by atoms with Crippen molar-refractivity contribution in [2.45, 2.75) is 406 Å². The molecule has 0 rings (SSSR count). The van der Waals surface area contributed by atoms with Crippen LogP contribution in [0.15, 0.2) is 0 Å². The highest BCUT2D eigenvalue weighted by atomic mass is 31.2. The van der Waals surface area contributed by atoms with Gasteiger partial charge in [-0.2, -0.15) is 0 Å². The topological polar surface area (TPSA) is 237 Å². The molecule has 3 N–H and O–H groups in total. The van der Waals surface area contributed by atoms with E-state index in [2.05, 4.69) is 34.6 Å². The Morgan fingerprint density at radius 3 is 0.763 bits per heavy atom. The van der Waals surface area contributed by atoms with Crippen LogP contribution in [0.5, 0.6) is 0 Å². The molecule has 0 saturated heterocycles. The summed E-state index contributed by atoms with van der Waals surface area (Å²) in [6.45, 7) is 7.24. The molecule has 0 aliphatic carbocycles. The standard InChI is InChI=1S/C74H144O17P2/c1-6-10-13-16-19-21-23-25-27-29-31-33-35-37-43-48-53-58-72(77)85-64-70(90-73(78)59-54-49-44-38-36-34-32-30-28-26-24-22-20-17-14-11-7-2)66-89-93(82,83)87-62-68(75)61-86-92(80,81)88-65-69(63-84-71(76)57-52-47-41-18-15-12-8-3)91-74(79)60-55-50-45-40-39-42-46-51-56-67(5)9-4/h67-70,75H,6-66H2,1-5H3,(H,80,81)(H,82,83)/t67?,68-,69+,70+/m0/s1. The summed E-state index contributed by atoms with van der Waals surface area (Å²) in [5.74, 6) is -1.35. The zero-order chi connectivity index (χ0) is 68.4. The molecule has 0 aromatic rings. The van der Waals surface area contributed by atoms with E-state index in [1.165, 1.54) is 199 Å². The van der Waals surface area contributed by atoms with Crippen LogP contribution in [0.2, 0.25) is 0 Å². The Morgan fingerprint density at radius 2 is 0.516 bits per heavy atom. The fourth-order valence-electron chi connectivity index (χ4n) is 11.3. The molecule has 0 radical (unpaired) electrons. The number of phosphoric ester groups is 2. The average molecular weight is 1370 g/mol. The van der Waals surface area contributed by atoms with Crippen LogP contribution in [0.4, 0.5) is 0 Å². The Hall–Kier alpha value is -1.94. The number of rotatable bonds is 74. The van der Waals surface area contributed by atoms with Crippen molar-refractivity contribution in [3.63, 3.8) is 0 Å². The van der Waals surface area contributed by atoms with E-state index in [-0.39, 0.29) is 25.7 Å². The van der Waals surface area contributed by atoms with Gasteiger partial charge in [-0.05, 0) is 31.6 Å². The van der Waals surface area contributed by atoms with E-state index >= 15 is 0 Å². The van der Waals surface area contributed by atoms with Gasteiger partial charge in [-0.3, -0.25) is 37.3 Å². The zero-order valence-corrected chi connectivity index (χ0v) is 62.2. The molecule has 6 atom stereocenters. The van der Waals surface area contributed by atoms with Gasteiger partial charge in [0.05, 0.1) is 26.4 Å². The lowest BCUT2D eigenvalue weighted by molar-refractivity contribution is -0.161. The van der Waals surface area contributed by atoms with Crippen molar-refractivity contribution in [3.05, 3.63) is 0 Å². The first-order chi connectivity index (χ1) is 45.1. The smallest absolute Gasteiger partial charge is 0.462 e. The molecule has 0 aliphatic heterocycles. The third-order valence-electron chi connectivity index (χ3n) is 17.6. The first-order valence-corrected chi connectivity index (χ1v) is 41.7. The fourth-order valence-corrected chi connectivity index (χ4v) is 12.9. The van der Waals surface area contributed by atoms with E-state index in [0.717, 1.165) is 109 Å². The third kappa shape index (κ3) is 67.0. The highest BCUT2D eigenvalue weighted by molar-refractivity contribution is 7.47. The zero-order valence-electron chi connectivity index (χ0n) is 60.4. The number of hydrogen-bond donors (Lipinski definition) is 3. The molecule has 19 heteroatoms. The molecule has 17 nitrogen and oxygen atoms in total. The second kappa shape index (κ2) is 67.3. The van der Waals surface area contributed by atoms with Crippen LogP contribution in [0.1, 0.15) is 388 Å². The van der Waals surface area contributed by atoms with Crippen molar-refractivity contribution >= 4 is 39.5 Å². The van der Waals surface area contributed by atoms with Crippen LogP contribution in [0.25, 0.3) is 0 Å². The first kappa shape index (κ1) is 91.1. The molecule has 552 valence electrons. The van der Waals surface area contributed by atoms with Gasteiger partial charge in [-0.1, -0.05) is 336 Å². The normalized spacial score (nSPS) is 14.3. The second-order valence-electron chi connectivity index (χ2n) is 26.9. The van der Waals surface area contributed by atoms with Crippen molar-refractivity contribution in [1.29, 1.82) is 0 Å². The summed E-state index contributed by atoms with van der Waals surface area (Å²) >= 11 is 0. The van der Waals surface area contributed by atoms with Gasteiger partial charge >= 0.3 is 39.5 Å². The van der Waals surface area contributed by atoms with Crippen molar-refractivity contribution in [3.8, 4) is 0 Å².